The number of carbonyl (C=O) groups is 1. The largest absolute Gasteiger partial charge is 0.508 e. The van der Waals surface area contributed by atoms with Gasteiger partial charge in [-0.15, -0.1) is 0 Å². The molecule has 8 aromatic rings. The lowest BCUT2D eigenvalue weighted by Crippen LogP contribution is -1.95. The van der Waals surface area contributed by atoms with Crippen molar-refractivity contribution in [3.05, 3.63) is 179 Å². The predicted octanol–water partition coefficient (Wildman–Crippen LogP) is 11.9. The molecule has 0 saturated heterocycles. The topological polar surface area (TPSA) is 168 Å². The van der Waals surface area contributed by atoms with Crippen molar-refractivity contribution in [2.24, 2.45) is 4.99 Å². The Morgan fingerprint density at radius 1 is 0.435 bits per heavy atom. The van der Waals surface area contributed by atoms with Gasteiger partial charge >= 0.3 is 5.97 Å². The molecule has 5 heterocycles. The predicted molar refractivity (Wildman–Crippen MR) is 246 cm³/mol. The van der Waals surface area contributed by atoms with Crippen molar-refractivity contribution in [3.8, 4) is 61.8 Å². The number of aromatic nitrogens is 4. The average molecular weight is 810 g/mol. The molecule has 2 aliphatic heterocycles. The number of carboxylic acids is 1. The van der Waals surface area contributed by atoms with Gasteiger partial charge in [0.05, 0.1) is 34.0 Å². The van der Waals surface area contributed by atoms with Crippen molar-refractivity contribution in [1.29, 1.82) is 0 Å². The van der Waals surface area contributed by atoms with E-state index < -0.39 is 5.97 Å². The van der Waals surface area contributed by atoms with Gasteiger partial charge in [0.2, 0.25) is 0 Å². The molecule has 0 aliphatic carbocycles. The zero-order valence-corrected chi connectivity index (χ0v) is 32.8. The van der Waals surface area contributed by atoms with Crippen molar-refractivity contribution in [1.82, 2.24) is 19.9 Å². The number of nitrogens with one attached hydrogen (secondary N) is 2. The van der Waals surface area contributed by atoms with Crippen molar-refractivity contribution >= 4 is 64.2 Å². The number of carboxylic acid groups (broad SMARTS) is 1. The van der Waals surface area contributed by atoms with Crippen molar-refractivity contribution in [3.63, 3.8) is 0 Å². The SMILES string of the molecule is O=C(O)c1ccc(C=Nc2ccc(-c3c4nc(c(-c5ccc(O)cc5)c5ccc([nH]5)c(-c5ccc(O)cc5)c5nc(c(-c6ccc(O)cc6)c6ccc3[nH]6)C=C5)C=C4)cc2)cc1. The van der Waals surface area contributed by atoms with Gasteiger partial charge in [-0.05, 0) is 137 Å². The van der Waals surface area contributed by atoms with E-state index in [0.29, 0.717) is 22.8 Å². The van der Waals surface area contributed by atoms with Gasteiger partial charge in [0, 0.05) is 50.5 Å². The first-order valence-electron chi connectivity index (χ1n) is 19.8. The third-order valence-corrected chi connectivity index (χ3v) is 10.9. The van der Waals surface area contributed by atoms with Crippen molar-refractivity contribution in [2.45, 2.75) is 0 Å². The summed E-state index contributed by atoms with van der Waals surface area (Å²) < 4.78 is 0. The number of rotatable bonds is 7. The lowest BCUT2D eigenvalue weighted by atomic mass is 10.0. The van der Waals surface area contributed by atoms with Gasteiger partial charge in [-0.2, -0.15) is 0 Å². The Morgan fingerprint density at radius 2 is 0.758 bits per heavy atom. The minimum Gasteiger partial charge on any atom is -0.508 e. The fraction of sp³-hybridized carbons (Fsp3) is 0. The number of aromatic amines is 2. The highest BCUT2D eigenvalue weighted by Crippen LogP contribution is 2.39. The standard InChI is InChI=1S/C52H35N5O5/c58-37-15-7-32(8-16-37)49-42-23-21-40(54-42)48(31-5-13-36(14-6-31)53-29-30-1-3-35(4-2-30)52(61)62)41-22-24-43(55-41)50(33-9-17-38(59)18-10-33)45-26-28-47(57-45)51(46-27-25-44(49)56-46)34-11-19-39(60)20-12-34/h1-29,54,57-60H,(H,61,62). The zero-order valence-electron chi connectivity index (χ0n) is 32.8. The first-order chi connectivity index (χ1) is 30.2. The van der Waals surface area contributed by atoms with Crippen LogP contribution in [0.15, 0.2) is 151 Å². The van der Waals surface area contributed by atoms with Crippen LogP contribution in [0.2, 0.25) is 0 Å². The molecule has 3 aromatic heterocycles. The van der Waals surface area contributed by atoms with E-state index in [9.17, 15) is 25.2 Å². The molecule has 0 saturated carbocycles. The summed E-state index contributed by atoms with van der Waals surface area (Å²) in [6, 6.07) is 43.7. The number of benzene rings is 5. The van der Waals surface area contributed by atoms with Crippen LogP contribution in [0.25, 0.3) is 90.9 Å². The molecule has 5 aromatic carbocycles. The molecule has 0 radical (unpaired) electrons. The Labute approximate surface area is 354 Å². The molecule has 10 heteroatoms. The number of hydrogen-bond acceptors (Lipinski definition) is 7. The summed E-state index contributed by atoms with van der Waals surface area (Å²) in [7, 11) is 0. The average Bonchev–Trinajstić information content (AvgIpc) is 4.14. The van der Waals surface area contributed by atoms with Gasteiger partial charge in [-0.1, -0.05) is 60.7 Å². The fourth-order valence-corrected chi connectivity index (χ4v) is 7.88. The van der Waals surface area contributed by atoms with E-state index in [1.54, 1.807) is 66.9 Å². The first-order valence-corrected chi connectivity index (χ1v) is 19.8. The Balaban J connectivity index is 1.25. The Kier molecular flexibility index (Phi) is 9.34. The quantitative estimate of drug-likeness (QED) is 0.0871. The molecule has 0 unspecified atom stereocenters. The highest BCUT2D eigenvalue weighted by molar-refractivity contribution is 6.00. The first kappa shape index (κ1) is 37.5. The number of aliphatic imine (C=N–C) groups is 1. The number of nitrogens with zero attached hydrogens (tertiary/aromatic N) is 3. The van der Waals surface area contributed by atoms with Gasteiger partial charge in [0.1, 0.15) is 17.2 Å². The molecule has 0 amide bonds. The number of H-pyrrole nitrogens is 2. The maximum Gasteiger partial charge on any atom is 0.335 e. The summed E-state index contributed by atoms with van der Waals surface area (Å²) in [6.07, 6.45) is 9.68. The molecule has 62 heavy (non-hydrogen) atoms. The number of phenols is 3. The normalized spacial score (nSPS) is 12.0. The van der Waals surface area contributed by atoms with E-state index >= 15 is 0 Å². The van der Waals surface area contributed by atoms with Crippen molar-refractivity contribution < 1.29 is 25.2 Å². The van der Waals surface area contributed by atoms with Gasteiger partial charge < -0.3 is 30.4 Å². The molecule has 0 atom stereocenters. The second-order valence-corrected chi connectivity index (χ2v) is 14.9. The highest BCUT2D eigenvalue weighted by atomic mass is 16.4. The number of aromatic hydroxyl groups is 3. The summed E-state index contributed by atoms with van der Waals surface area (Å²) in [4.78, 5) is 34.0. The van der Waals surface area contributed by atoms with Crippen LogP contribution in [-0.4, -0.2) is 52.5 Å². The number of phenolic OH excluding ortho intramolecular Hbond substituents is 3. The lowest BCUT2D eigenvalue weighted by Gasteiger charge is -2.07. The van der Waals surface area contributed by atoms with E-state index in [0.717, 1.165) is 77.8 Å². The van der Waals surface area contributed by atoms with Crippen LogP contribution in [-0.2, 0) is 0 Å². The smallest absolute Gasteiger partial charge is 0.335 e. The molecule has 298 valence electrons. The van der Waals surface area contributed by atoms with Crippen LogP contribution in [0.5, 0.6) is 17.2 Å². The Hall–Kier alpha value is -8.76. The molecule has 2 aliphatic rings. The minimum atomic E-state index is -0.982. The van der Waals surface area contributed by atoms with Crippen molar-refractivity contribution in [2.75, 3.05) is 0 Å². The van der Waals surface area contributed by atoms with Crippen LogP contribution in [0.1, 0.15) is 38.7 Å². The van der Waals surface area contributed by atoms with Gasteiger partial charge in [0.25, 0.3) is 0 Å². The number of fused-ring (bicyclic) bond motifs is 8. The van der Waals surface area contributed by atoms with E-state index in [1.165, 1.54) is 0 Å². The van der Waals surface area contributed by atoms with Crippen LogP contribution < -0.4 is 0 Å². The molecular weight excluding hydrogens is 775 g/mol. The third-order valence-electron chi connectivity index (χ3n) is 10.9. The fourth-order valence-electron chi connectivity index (χ4n) is 7.88. The minimum absolute atomic E-state index is 0.150. The molecule has 0 fully saturated rings. The van der Waals surface area contributed by atoms with E-state index in [-0.39, 0.29) is 22.8 Å². The second-order valence-electron chi connectivity index (χ2n) is 14.9. The van der Waals surface area contributed by atoms with E-state index in [1.807, 2.05) is 109 Å². The molecule has 10 nitrogen and oxygen atoms in total. The molecule has 10 rings (SSSR count). The lowest BCUT2D eigenvalue weighted by molar-refractivity contribution is 0.0697. The summed E-state index contributed by atoms with van der Waals surface area (Å²) in [6.45, 7) is 0. The van der Waals surface area contributed by atoms with Gasteiger partial charge in [-0.3, -0.25) is 4.99 Å². The summed E-state index contributed by atoms with van der Waals surface area (Å²) >= 11 is 0. The Bertz CT molecular complexity index is 3260. The molecule has 6 N–H and O–H groups in total. The van der Waals surface area contributed by atoms with Gasteiger partial charge in [0.15, 0.2) is 0 Å². The molecular formula is C52H35N5O5. The van der Waals surface area contributed by atoms with Crippen LogP contribution in [0.4, 0.5) is 5.69 Å². The summed E-state index contributed by atoms with van der Waals surface area (Å²) in [5, 5.41) is 40.1. The summed E-state index contributed by atoms with van der Waals surface area (Å²) in [5.41, 5.74) is 14.5. The highest BCUT2D eigenvalue weighted by Gasteiger charge is 2.19. The van der Waals surface area contributed by atoms with Crippen LogP contribution in [0, 0.1) is 0 Å². The van der Waals surface area contributed by atoms with Crippen LogP contribution >= 0.6 is 0 Å². The second kappa shape index (κ2) is 15.4. The monoisotopic (exact) mass is 809 g/mol. The molecule has 0 spiro atoms. The maximum atomic E-state index is 11.3. The van der Waals surface area contributed by atoms with Crippen LogP contribution in [0.3, 0.4) is 0 Å². The van der Waals surface area contributed by atoms with E-state index in [2.05, 4.69) is 15.0 Å². The van der Waals surface area contributed by atoms with E-state index in [4.69, 9.17) is 9.97 Å². The Morgan fingerprint density at radius 3 is 1.08 bits per heavy atom. The molecule has 8 bridgehead atoms. The van der Waals surface area contributed by atoms with Gasteiger partial charge in [-0.25, -0.2) is 14.8 Å². The third kappa shape index (κ3) is 7.18. The number of hydrogen-bond donors (Lipinski definition) is 6. The maximum absolute atomic E-state index is 11.3. The summed E-state index contributed by atoms with van der Waals surface area (Å²) in [5.74, 6) is -0.528. The number of aromatic carboxylic acids is 1. The zero-order chi connectivity index (χ0) is 42.3.